The standard InChI is InChI=1S/C17H25N3OS/c1-20(2)13-7-12-18-16(21)10-5-6-11-17-19-14-8-3-4-9-15(14)22-17/h3-4,8-9H,5-7,10-13H2,1-2H3,(H,18,21). The lowest BCUT2D eigenvalue weighted by atomic mass is 10.2. The minimum atomic E-state index is 0.169. The van der Waals surface area contributed by atoms with Crippen molar-refractivity contribution in [1.82, 2.24) is 15.2 Å². The van der Waals surface area contributed by atoms with Crippen molar-refractivity contribution in [3.63, 3.8) is 0 Å². The van der Waals surface area contributed by atoms with Crippen molar-refractivity contribution in [2.75, 3.05) is 27.2 Å². The quantitative estimate of drug-likeness (QED) is 0.723. The third kappa shape index (κ3) is 5.73. The predicted octanol–water partition coefficient (Wildman–Crippen LogP) is 3.08. The number of nitrogens with one attached hydrogen (secondary N) is 1. The second-order valence-electron chi connectivity index (χ2n) is 5.79. The SMILES string of the molecule is CN(C)CCCNC(=O)CCCCc1nc2ccccc2s1. The number of fused-ring (bicyclic) bond motifs is 1. The smallest absolute Gasteiger partial charge is 0.219 e. The molecule has 0 atom stereocenters. The number of hydrogen-bond donors (Lipinski definition) is 1. The molecule has 1 aromatic heterocycles. The van der Waals surface area contributed by atoms with Gasteiger partial charge < -0.3 is 10.2 Å². The van der Waals surface area contributed by atoms with Crippen molar-refractivity contribution < 1.29 is 4.79 Å². The first-order valence-corrected chi connectivity index (χ1v) is 8.72. The molecule has 2 aromatic rings. The Morgan fingerprint density at radius 1 is 1.23 bits per heavy atom. The molecular formula is C17H25N3OS. The van der Waals surface area contributed by atoms with Gasteiger partial charge in [-0.2, -0.15) is 0 Å². The maximum atomic E-state index is 11.7. The summed E-state index contributed by atoms with van der Waals surface area (Å²) in [4.78, 5) is 18.5. The van der Waals surface area contributed by atoms with Gasteiger partial charge in [0.1, 0.15) is 0 Å². The molecule has 0 aliphatic carbocycles. The van der Waals surface area contributed by atoms with Crippen LogP contribution in [0.25, 0.3) is 10.2 Å². The minimum absolute atomic E-state index is 0.169. The zero-order valence-electron chi connectivity index (χ0n) is 13.5. The summed E-state index contributed by atoms with van der Waals surface area (Å²) >= 11 is 1.76. The van der Waals surface area contributed by atoms with Crippen LogP contribution in [0, 0.1) is 0 Å². The van der Waals surface area contributed by atoms with Crippen molar-refractivity contribution in [1.29, 1.82) is 0 Å². The normalized spacial score (nSPS) is 11.2. The number of rotatable bonds is 9. The van der Waals surface area contributed by atoms with Gasteiger partial charge in [0.2, 0.25) is 5.91 Å². The molecule has 0 fully saturated rings. The highest BCUT2D eigenvalue weighted by Crippen LogP contribution is 2.22. The Morgan fingerprint density at radius 2 is 2.05 bits per heavy atom. The molecule has 4 nitrogen and oxygen atoms in total. The number of unbranched alkanes of at least 4 members (excludes halogenated alkanes) is 1. The molecule has 0 aliphatic rings. The van der Waals surface area contributed by atoms with E-state index in [0.29, 0.717) is 6.42 Å². The summed E-state index contributed by atoms with van der Waals surface area (Å²) in [6, 6.07) is 8.23. The molecule has 2 rings (SSSR count). The largest absolute Gasteiger partial charge is 0.356 e. The second-order valence-corrected chi connectivity index (χ2v) is 6.90. The summed E-state index contributed by atoms with van der Waals surface area (Å²) in [5, 5.41) is 4.15. The summed E-state index contributed by atoms with van der Waals surface area (Å²) in [6.07, 6.45) is 4.53. The van der Waals surface area contributed by atoms with Crippen molar-refractivity contribution in [2.24, 2.45) is 0 Å². The predicted molar refractivity (Wildman–Crippen MR) is 93.4 cm³/mol. The molecular weight excluding hydrogens is 294 g/mol. The third-order valence-electron chi connectivity index (χ3n) is 3.49. The first kappa shape index (κ1) is 16.9. The van der Waals surface area contributed by atoms with Crippen molar-refractivity contribution in [3.8, 4) is 0 Å². The fourth-order valence-electron chi connectivity index (χ4n) is 2.30. The number of nitrogens with zero attached hydrogens (tertiary/aromatic N) is 2. The summed E-state index contributed by atoms with van der Waals surface area (Å²) in [5.74, 6) is 0.169. The van der Waals surface area contributed by atoms with E-state index >= 15 is 0 Å². The first-order valence-electron chi connectivity index (χ1n) is 7.91. The Hall–Kier alpha value is -1.46. The Labute approximate surface area is 136 Å². The fraction of sp³-hybridized carbons (Fsp3) is 0.529. The van der Waals surface area contributed by atoms with Crippen LogP contribution in [0.15, 0.2) is 24.3 Å². The maximum absolute atomic E-state index is 11.7. The molecule has 0 aliphatic heterocycles. The lowest BCUT2D eigenvalue weighted by Gasteiger charge is -2.09. The summed E-state index contributed by atoms with van der Waals surface area (Å²) in [6.45, 7) is 1.78. The van der Waals surface area contributed by atoms with Crippen molar-refractivity contribution in [2.45, 2.75) is 32.1 Å². The van der Waals surface area contributed by atoms with E-state index in [9.17, 15) is 4.79 Å². The summed E-state index contributed by atoms with van der Waals surface area (Å²) in [5.41, 5.74) is 1.08. The van der Waals surface area contributed by atoms with E-state index in [-0.39, 0.29) is 5.91 Å². The van der Waals surface area contributed by atoms with E-state index in [0.717, 1.165) is 44.3 Å². The van der Waals surface area contributed by atoms with Gasteiger partial charge in [-0.15, -0.1) is 11.3 Å². The van der Waals surface area contributed by atoms with Crippen molar-refractivity contribution >= 4 is 27.5 Å². The van der Waals surface area contributed by atoms with Gasteiger partial charge in [0.25, 0.3) is 0 Å². The van der Waals surface area contributed by atoms with E-state index in [1.807, 2.05) is 26.2 Å². The zero-order chi connectivity index (χ0) is 15.8. The zero-order valence-corrected chi connectivity index (χ0v) is 14.3. The van der Waals surface area contributed by atoms with Gasteiger partial charge >= 0.3 is 0 Å². The number of carbonyl (C=O) groups excluding carboxylic acids is 1. The molecule has 1 heterocycles. The molecule has 120 valence electrons. The van der Waals surface area contributed by atoms with E-state index in [4.69, 9.17) is 0 Å². The third-order valence-corrected chi connectivity index (χ3v) is 4.58. The lowest BCUT2D eigenvalue weighted by molar-refractivity contribution is -0.121. The number of carbonyl (C=O) groups is 1. The molecule has 1 aromatic carbocycles. The van der Waals surface area contributed by atoms with Gasteiger partial charge in [0.05, 0.1) is 15.2 Å². The van der Waals surface area contributed by atoms with Crippen LogP contribution in [0.4, 0.5) is 0 Å². The lowest BCUT2D eigenvalue weighted by Crippen LogP contribution is -2.26. The molecule has 0 radical (unpaired) electrons. The Bertz CT molecular complexity index is 561. The molecule has 0 unspecified atom stereocenters. The first-order chi connectivity index (χ1) is 10.6. The number of thiazole rings is 1. The average Bonchev–Trinajstić information content (AvgIpc) is 2.90. The molecule has 22 heavy (non-hydrogen) atoms. The van der Waals surface area contributed by atoms with Crippen LogP contribution >= 0.6 is 11.3 Å². The molecule has 5 heteroatoms. The highest BCUT2D eigenvalue weighted by Gasteiger charge is 2.04. The van der Waals surface area contributed by atoms with Gasteiger partial charge in [0.15, 0.2) is 0 Å². The topological polar surface area (TPSA) is 45.2 Å². The number of amides is 1. The van der Waals surface area contributed by atoms with Crippen molar-refractivity contribution in [3.05, 3.63) is 29.3 Å². The number of para-hydroxylation sites is 1. The van der Waals surface area contributed by atoms with Crippen LogP contribution < -0.4 is 5.32 Å². The van der Waals surface area contributed by atoms with Crippen LogP contribution in [0.2, 0.25) is 0 Å². The number of aromatic nitrogens is 1. The van der Waals surface area contributed by atoms with Gasteiger partial charge in [-0.25, -0.2) is 4.98 Å². The van der Waals surface area contributed by atoms with Gasteiger partial charge in [0, 0.05) is 13.0 Å². The minimum Gasteiger partial charge on any atom is -0.356 e. The molecule has 0 saturated carbocycles. The van der Waals surface area contributed by atoms with Crippen LogP contribution in [0.1, 0.15) is 30.7 Å². The van der Waals surface area contributed by atoms with Crippen LogP contribution in [0.3, 0.4) is 0 Å². The Kier molecular flexibility index (Phi) is 6.80. The molecule has 0 saturated heterocycles. The van der Waals surface area contributed by atoms with Gasteiger partial charge in [-0.3, -0.25) is 4.79 Å². The number of benzene rings is 1. The van der Waals surface area contributed by atoms with Crippen LogP contribution in [0.5, 0.6) is 0 Å². The summed E-state index contributed by atoms with van der Waals surface area (Å²) in [7, 11) is 4.09. The van der Waals surface area contributed by atoms with E-state index in [1.165, 1.54) is 9.71 Å². The fourth-order valence-corrected chi connectivity index (χ4v) is 3.31. The number of aryl methyl sites for hydroxylation is 1. The highest BCUT2D eigenvalue weighted by molar-refractivity contribution is 7.18. The second kappa shape index (κ2) is 8.86. The molecule has 0 spiro atoms. The Balaban J connectivity index is 1.59. The number of hydrogen-bond acceptors (Lipinski definition) is 4. The monoisotopic (exact) mass is 319 g/mol. The van der Waals surface area contributed by atoms with Crippen LogP contribution in [-0.4, -0.2) is 43.0 Å². The summed E-state index contributed by atoms with van der Waals surface area (Å²) < 4.78 is 1.25. The molecule has 0 bridgehead atoms. The highest BCUT2D eigenvalue weighted by atomic mass is 32.1. The molecule has 1 N–H and O–H groups in total. The Morgan fingerprint density at radius 3 is 2.82 bits per heavy atom. The van der Waals surface area contributed by atoms with Gasteiger partial charge in [-0.05, 0) is 58.5 Å². The van der Waals surface area contributed by atoms with E-state index < -0.39 is 0 Å². The van der Waals surface area contributed by atoms with E-state index in [1.54, 1.807) is 11.3 Å². The maximum Gasteiger partial charge on any atom is 0.219 e. The van der Waals surface area contributed by atoms with Gasteiger partial charge in [-0.1, -0.05) is 12.1 Å². The van der Waals surface area contributed by atoms with E-state index in [2.05, 4.69) is 27.3 Å². The van der Waals surface area contributed by atoms with Crippen LogP contribution in [-0.2, 0) is 11.2 Å². The molecule has 1 amide bonds. The average molecular weight is 319 g/mol.